The van der Waals surface area contributed by atoms with Crippen LogP contribution in [-0.2, 0) is 4.79 Å². The number of aliphatic hydroxyl groups is 1. The van der Waals surface area contributed by atoms with Gasteiger partial charge in [0, 0.05) is 18.0 Å². The third-order valence-electron chi connectivity index (χ3n) is 1.87. The molecule has 1 rings (SSSR count). The molecule has 86 valence electrons. The fourth-order valence-corrected chi connectivity index (χ4v) is 1.06. The molecule has 2 N–H and O–H groups in total. The van der Waals surface area contributed by atoms with Crippen LogP contribution in [0.1, 0.15) is 12.5 Å². The Labute approximate surface area is 110 Å². The van der Waals surface area contributed by atoms with Crippen LogP contribution in [0.5, 0.6) is 0 Å². The van der Waals surface area contributed by atoms with E-state index in [0.29, 0.717) is 0 Å². The van der Waals surface area contributed by atoms with Crippen molar-refractivity contribution in [2.24, 2.45) is 4.99 Å². The molecule has 0 aliphatic rings. The Balaban J connectivity index is 0.00000256. The molecular formula is C10H11LiN2O4. The first-order valence-electron chi connectivity index (χ1n) is 4.58. The van der Waals surface area contributed by atoms with Crippen LogP contribution in [-0.4, -0.2) is 39.2 Å². The third-order valence-corrected chi connectivity index (χ3v) is 1.87. The summed E-state index contributed by atoms with van der Waals surface area (Å²) < 4.78 is 0. The smallest absolute Gasteiger partial charge is 0.858 e. The van der Waals surface area contributed by atoms with Crippen LogP contribution in [0.4, 0.5) is 0 Å². The van der Waals surface area contributed by atoms with Crippen molar-refractivity contribution in [3.05, 3.63) is 30.1 Å². The predicted octanol–water partition coefficient (Wildman–Crippen LogP) is -3.97. The molecule has 0 fully saturated rings. The van der Waals surface area contributed by atoms with Gasteiger partial charge in [-0.05, 0) is 18.9 Å². The molecule has 17 heavy (non-hydrogen) atoms. The predicted molar refractivity (Wildman–Crippen MR) is 53.9 cm³/mol. The molecule has 0 aliphatic carbocycles. The number of aliphatic hydroxyl groups excluding tert-OH is 1. The van der Waals surface area contributed by atoms with Crippen LogP contribution in [0.2, 0.25) is 0 Å². The molecule has 0 spiro atoms. The molecular weight excluding hydrogens is 219 g/mol. The Hall–Kier alpha value is -1.35. The van der Waals surface area contributed by atoms with Crippen molar-refractivity contribution >= 4 is 11.9 Å². The molecule has 0 saturated heterocycles. The number of hydrogen-bond acceptors (Lipinski definition) is 5. The van der Waals surface area contributed by atoms with E-state index in [1.54, 1.807) is 6.07 Å². The SMILES string of the molecule is CC(O)C(N=C([O-])c1cccnc1)C(=O)O.[Li+]. The first-order valence-corrected chi connectivity index (χ1v) is 4.58. The molecule has 7 heteroatoms. The number of aliphatic carboxylic acids is 1. The zero-order chi connectivity index (χ0) is 12.1. The fraction of sp³-hybridized carbons (Fsp3) is 0.300. The number of aliphatic imine (C=N–C) groups is 1. The van der Waals surface area contributed by atoms with Gasteiger partial charge in [-0.1, -0.05) is 6.07 Å². The summed E-state index contributed by atoms with van der Waals surface area (Å²) >= 11 is 0. The van der Waals surface area contributed by atoms with E-state index in [1.165, 1.54) is 25.4 Å². The van der Waals surface area contributed by atoms with E-state index in [9.17, 15) is 9.90 Å². The number of carboxylic acids is 1. The summed E-state index contributed by atoms with van der Waals surface area (Å²) in [5.74, 6) is -2.05. The molecule has 0 radical (unpaired) electrons. The summed E-state index contributed by atoms with van der Waals surface area (Å²) in [5.41, 5.74) is 0.189. The van der Waals surface area contributed by atoms with E-state index in [1.807, 2.05) is 0 Å². The van der Waals surface area contributed by atoms with Crippen molar-refractivity contribution in [3.8, 4) is 0 Å². The van der Waals surface area contributed by atoms with Crippen molar-refractivity contribution in [2.75, 3.05) is 0 Å². The van der Waals surface area contributed by atoms with Gasteiger partial charge in [0.2, 0.25) is 0 Å². The Morgan fingerprint density at radius 1 is 1.59 bits per heavy atom. The molecule has 1 heterocycles. The van der Waals surface area contributed by atoms with Gasteiger partial charge in [0.25, 0.3) is 0 Å². The minimum atomic E-state index is -1.45. The quantitative estimate of drug-likeness (QED) is 0.312. The summed E-state index contributed by atoms with van der Waals surface area (Å²) in [7, 11) is 0. The van der Waals surface area contributed by atoms with Gasteiger partial charge in [0.1, 0.15) is 0 Å². The number of carboxylic acid groups (broad SMARTS) is 1. The fourth-order valence-electron chi connectivity index (χ4n) is 1.06. The number of hydrogen-bond donors (Lipinski definition) is 2. The summed E-state index contributed by atoms with van der Waals surface area (Å²) in [6.07, 6.45) is 1.55. The molecule has 1 aromatic rings. The first-order chi connectivity index (χ1) is 7.52. The minimum absolute atomic E-state index is 0. The van der Waals surface area contributed by atoms with Gasteiger partial charge >= 0.3 is 24.8 Å². The second kappa shape index (κ2) is 7.07. The maximum Gasteiger partial charge on any atom is 1.00 e. The summed E-state index contributed by atoms with van der Waals surface area (Å²) in [4.78, 5) is 17.8. The molecule has 0 saturated carbocycles. The number of pyridine rings is 1. The van der Waals surface area contributed by atoms with Crippen molar-refractivity contribution in [1.29, 1.82) is 0 Å². The molecule has 1 aromatic heterocycles. The third kappa shape index (κ3) is 4.57. The van der Waals surface area contributed by atoms with Gasteiger partial charge in [-0.3, -0.25) is 9.98 Å². The Morgan fingerprint density at radius 2 is 2.24 bits per heavy atom. The van der Waals surface area contributed by atoms with Gasteiger partial charge < -0.3 is 15.3 Å². The van der Waals surface area contributed by atoms with Gasteiger partial charge in [0.05, 0.1) is 6.10 Å². The standard InChI is InChI=1S/C10H12N2O4.Li/c1-6(13)8(10(15)16)12-9(14)7-3-2-4-11-5-7;/h2-6,8,13H,1H3,(H,12,14)(H,15,16);/q;+1/p-1. The van der Waals surface area contributed by atoms with Gasteiger partial charge in [-0.2, -0.15) is 0 Å². The Morgan fingerprint density at radius 3 is 2.65 bits per heavy atom. The summed E-state index contributed by atoms with van der Waals surface area (Å²) in [5, 5.41) is 29.3. The second-order valence-electron chi connectivity index (χ2n) is 3.20. The molecule has 2 atom stereocenters. The van der Waals surface area contributed by atoms with Crippen molar-refractivity contribution in [3.63, 3.8) is 0 Å². The molecule has 0 amide bonds. The van der Waals surface area contributed by atoms with Gasteiger partial charge in [-0.25, -0.2) is 4.79 Å². The van der Waals surface area contributed by atoms with E-state index in [0.717, 1.165) is 0 Å². The second-order valence-corrected chi connectivity index (χ2v) is 3.20. The van der Waals surface area contributed by atoms with E-state index in [4.69, 9.17) is 10.2 Å². The van der Waals surface area contributed by atoms with E-state index in [-0.39, 0.29) is 24.4 Å². The largest absolute Gasteiger partial charge is 1.00 e. The number of rotatable bonds is 4. The van der Waals surface area contributed by atoms with E-state index >= 15 is 0 Å². The van der Waals surface area contributed by atoms with E-state index < -0.39 is 24.0 Å². The maximum absolute atomic E-state index is 11.5. The maximum atomic E-state index is 11.5. The van der Waals surface area contributed by atoms with Gasteiger partial charge in [0.15, 0.2) is 6.04 Å². The van der Waals surface area contributed by atoms with Crippen LogP contribution < -0.4 is 24.0 Å². The monoisotopic (exact) mass is 230 g/mol. The zero-order valence-electron chi connectivity index (χ0n) is 9.57. The summed E-state index contributed by atoms with van der Waals surface area (Å²) in [6, 6.07) is 1.56. The zero-order valence-corrected chi connectivity index (χ0v) is 9.57. The summed E-state index contributed by atoms with van der Waals surface area (Å²) in [6.45, 7) is 1.26. The Kier molecular flexibility index (Phi) is 6.50. The minimum Gasteiger partial charge on any atom is -0.858 e. The molecule has 2 unspecified atom stereocenters. The van der Waals surface area contributed by atoms with Crippen LogP contribution >= 0.6 is 0 Å². The average molecular weight is 230 g/mol. The number of aromatic nitrogens is 1. The number of carbonyl (C=O) groups is 1. The van der Waals surface area contributed by atoms with Gasteiger partial charge in [-0.15, -0.1) is 0 Å². The molecule has 0 aromatic carbocycles. The molecule has 0 bridgehead atoms. The van der Waals surface area contributed by atoms with Crippen molar-refractivity contribution in [1.82, 2.24) is 4.98 Å². The molecule has 0 aliphatic heterocycles. The van der Waals surface area contributed by atoms with Crippen LogP contribution in [0.15, 0.2) is 29.5 Å². The van der Waals surface area contributed by atoms with E-state index in [2.05, 4.69) is 9.98 Å². The van der Waals surface area contributed by atoms with Crippen LogP contribution in [0, 0.1) is 0 Å². The first kappa shape index (κ1) is 15.6. The average Bonchev–Trinajstić information content (AvgIpc) is 2.25. The topological polar surface area (TPSA) is 106 Å². The Bertz CT molecular complexity index is 395. The van der Waals surface area contributed by atoms with Crippen molar-refractivity contribution in [2.45, 2.75) is 19.1 Å². The van der Waals surface area contributed by atoms with Crippen molar-refractivity contribution < 1.29 is 39.0 Å². The number of nitrogens with zero attached hydrogens (tertiary/aromatic N) is 2. The molecule has 6 nitrogen and oxygen atoms in total. The van der Waals surface area contributed by atoms with Crippen LogP contribution in [0.3, 0.4) is 0 Å². The normalized spacial score (nSPS) is 14.6. The van der Waals surface area contributed by atoms with Crippen LogP contribution in [0.25, 0.3) is 0 Å².